The van der Waals surface area contributed by atoms with Crippen LogP contribution in [0.3, 0.4) is 0 Å². The first-order valence-corrected chi connectivity index (χ1v) is 9.57. The van der Waals surface area contributed by atoms with E-state index in [1.165, 1.54) is 33.9 Å². The lowest BCUT2D eigenvalue weighted by Gasteiger charge is -2.25. The van der Waals surface area contributed by atoms with Gasteiger partial charge in [-0.15, -0.1) is 0 Å². The Morgan fingerprint density at radius 3 is 2.90 bits per heavy atom. The second kappa shape index (κ2) is 7.54. The van der Waals surface area contributed by atoms with Gasteiger partial charge in [0, 0.05) is 26.1 Å². The van der Waals surface area contributed by atoms with Crippen LogP contribution in [0.25, 0.3) is 11.1 Å². The number of oxazole rings is 1. The zero-order valence-corrected chi connectivity index (χ0v) is 16.0. The number of carbonyl (C=O) groups excluding carboxylic acids is 1. The van der Waals surface area contributed by atoms with E-state index in [4.69, 9.17) is 4.42 Å². The van der Waals surface area contributed by atoms with Crippen molar-refractivity contribution in [3.05, 3.63) is 74.3 Å². The number of rotatable bonds is 6. The van der Waals surface area contributed by atoms with Crippen molar-refractivity contribution in [1.29, 1.82) is 0 Å². The molecule has 0 N–H and O–H groups in total. The van der Waals surface area contributed by atoms with Crippen molar-refractivity contribution >= 4 is 22.7 Å². The highest BCUT2D eigenvalue weighted by Crippen LogP contribution is 2.35. The van der Waals surface area contributed by atoms with Gasteiger partial charge >= 0.3 is 5.76 Å². The number of nitro benzene ring substituents is 1. The van der Waals surface area contributed by atoms with Gasteiger partial charge in [-0.25, -0.2) is 4.79 Å². The van der Waals surface area contributed by atoms with Crippen molar-refractivity contribution in [3.63, 3.8) is 0 Å². The van der Waals surface area contributed by atoms with E-state index in [0.717, 1.165) is 12.8 Å². The molecule has 150 valence electrons. The van der Waals surface area contributed by atoms with E-state index in [2.05, 4.69) is 12.1 Å². The second-order valence-corrected chi connectivity index (χ2v) is 7.29. The van der Waals surface area contributed by atoms with Crippen molar-refractivity contribution in [3.8, 4) is 0 Å². The van der Waals surface area contributed by atoms with Crippen LogP contribution in [0.15, 0.2) is 51.7 Å². The lowest BCUT2D eigenvalue weighted by Crippen LogP contribution is -2.30. The number of aryl methyl sites for hydroxylation is 2. The van der Waals surface area contributed by atoms with Gasteiger partial charge in [0.25, 0.3) is 5.69 Å². The Morgan fingerprint density at radius 1 is 1.31 bits per heavy atom. The van der Waals surface area contributed by atoms with Gasteiger partial charge in [-0.3, -0.25) is 19.5 Å². The monoisotopic (exact) mass is 395 g/mol. The van der Waals surface area contributed by atoms with Crippen molar-refractivity contribution in [2.75, 3.05) is 7.05 Å². The first kappa shape index (κ1) is 18.9. The zero-order chi connectivity index (χ0) is 20.5. The SMILES string of the molecule is CN(C(=O)CCCn1c(=O)oc2cc([N+](=O)[O-])ccc21)C1CCc2ccccc21. The predicted molar refractivity (Wildman–Crippen MR) is 107 cm³/mol. The summed E-state index contributed by atoms with van der Waals surface area (Å²) in [7, 11) is 1.83. The number of benzene rings is 2. The van der Waals surface area contributed by atoms with Crippen molar-refractivity contribution in [2.45, 2.75) is 38.3 Å². The first-order chi connectivity index (χ1) is 14.0. The highest BCUT2D eigenvalue weighted by atomic mass is 16.6. The number of amides is 1. The number of aromatic nitrogens is 1. The van der Waals surface area contributed by atoms with Gasteiger partial charge in [-0.05, 0) is 36.5 Å². The minimum Gasteiger partial charge on any atom is -0.407 e. The Kier molecular flexibility index (Phi) is 4.92. The number of nitrogens with zero attached hydrogens (tertiary/aromatic N) is 3. The fourth-order valence-electron chi connectivity index (χ4n) is 4.06. The Hall–Kier alpha value is -3.42. The normalized spacial score (nSPS) is 15.4. The Morgan fingerprint density at radius 2 is 2.10 bits per heavy atom. The maximum absolute atomic E-state index is 12.7. The summed E-state index contributed by atoms with van der Waals surface area (Å²) in [6.45, 7) is 0.310. The Balaban J connectivity index is 1.41. The number of nitro groups is 1. The lowest BCUT2D eigenvalue weighted by molar-refractivity contribution is -0.384. The smallest absolute Gasteiger partial charge is 0.407 e. The Labute approximate surface area is 166 Å². The van der Waals surface area contributed by atoms with Crippen LogP contribution in [0.1, 0.15) is 36.4 Å². The average Bonchev–Trinajstić information content (AvgIpc) is 3.27. The second-order valence-electron chi connectivity index (χ2n) is 7.29. The molecule has 2 aromatic carbocycles. The van der Waals surface area contributed by atoms with Gasteiger partial charge in [0.15, 0.2) is 5.58 Å². The minimum absolute atomic E-state index is 0.0307. The van der Waals surface area contributed by atoms with Gasteiger partial charge in [0.2, 0.25) is 5.91 Å². The topological polar surface area (TPSA) is 98.6 Å². The van der Waals surface area contributed by atoms with Gasteiger partial charge in [0.05, 0.1) is 22.5 Å². The van der Waals surface area contributed by atoms with E-state index in [1.54, 1.807) is 4.90 Å². The van der Waals surface area contributed by atoms with Gasteiger partial charge in [-0.1, -0.05) is 24.3 Å². The molecule has 8 nitrogen and oxygen atoms in total. The maximum atomic E-state index is 12.7. The summed E-state index contributed by atoms with van der Waals surface area (Å²) >= 11 is 0. The molecular weight excluding hydrogens is 374 g/mol. The van der Waals surface area contributed by atoms with Gasteiger partial charge in [-0.2, -0.15) is 0 Å². The van der Waals surface area contributed by atoms with E-state index in [-0.39, 0.29) is 23.2 Å². The molecule has 0 radical (unpaired) electrons. The molecule has 1 aromatic heterocycles. The highest BCUT2D eigenvalue weighted by molar-refractivity contribution is 5.77. The molecule has 1 unspecified atom stereocenters. The first-order valence-electron chi connectivity index (χ1n) is 9.57. The summed E-state index contributed by atoms with van der Waals surface area (Å²) in [5, 5.41) is 10.9. The fraction of sp³-hybridized carbons (Fsp3) is 0.333. The molecule has 1 heterocycles. The number of fused-ring (bicyclic) bond motifs is 2. The van der Waals surface area contributed by atoms with Crippen molar-refractivity contribution in [2.24, 2.45) is 0 Å². The van der Waals surface area contributed by atoms with E-state index in [0.29, 0.717) is 24.9 Å². The molecule has 4 rings (SSSR count). The van der Waals surface area contributed by atoms with Crippen LogP contribution in [0.4, 0.5) is 5.69 Å². The summed E-state index contributed by atoms with van der Waals surface area (Å²) < 4.78 is 6.54. The largest absolute Gasteiger partial charge is 0.419 e. The molecule has 0 bridgehead atoms. The van der Waals surface area contributed by atoms with Crippen LogP contribution < -0.4 is 5.76 Å². The third kappa shape index (κ3) is 3.53. The van der Waals surface area contributed by atoms with E-state index in [1.807, 2.05) is 19.2 Å². The van der Waals surface area contributed by atoms with Crippen LogP contribution in [0.2, 0.25) is 0 Å². The molecular formula is C21H21N3O5. The summed E-state index contributed by atoms with van der Waals surface area (Å²) in [4.78, 5) is 36.9. The van der Waals surface area contributed by atoms with E-state index >= 15 is 0 Å². The van der Waals surface area contributed by atoms with Crippen LogP contribution in [0, 0.1) is 10.1 Å². The maximum Gasteiger partial charge on any atom is 0.419 e. The molecule has 29 heavy (non-hydrogen) atoms. The molecule has 1 amide bonds. The van der Waals surface area contributed by atoms with E-state index < -0.39 is 10.7 Å². The number of non-ortho nitro benzene ring substituents is 1. The number of hydrogen-bond acceptors (Lipinski definition) is 5. The lowest BCUT2D eigenvalue weighted by atomic mass is 10.1. The molecule has 1 aliphatic carbocycles. The van der Waals surface area contributed by atoms with E-state index in [9.17, 15) is 19.7 Å². The van der Waals surface area contributed by atoms with Crippen LogP contribution in [-0.2, 0) is 17.8 Å². The number of hydrogen-bond donors (Lipinski definition) is 0. The molecule has 1 atom stereocenters. The molecule has 3 aromatic rings. The summed E-state index contributed by atoms with van der Waals surface area (Å²) in [5.74, 6) is -0.547. The zero-order valence-electron chi connectivity index (χ0n) is 16.0. The third-order valence-corrected chi connectivity index (χ3v) is 5.60. The summed E-state index contributed by atoms with van der Waals surface area (Å²) in [5.41, 5.74) is 3.04. The van der Waals surface area contributed by atoms with Gasteiger partial charge < -0.3 is 9.32 Å². The van der Waals surface area contributed by atoms with Gasteiger partial charge in [0.1, 0.15) is 0 Å². The molecule has 0 saturated heterocycles. The minimum atomic E-state index is -0.578. The summed E-state index contributed by atoms with van der Waals surface area (Å²) in [6.07, 6.45) is 2.68. The van der Waals surface area contributed by atoms with Crippen LogP contribution >= 0.6 is 0 Å². The molecule has 8 heteroatoms. The van der Waals surface area contributed by atoms with Crippen LogP contribution in [0.5, 0.6) is 0 Å². The molecule has 0 spiro atoms. The van der Waals surface area contributed by atoms with Crippen molar-refractivity contribution in [1.82, 2.24) is 9.47 Å². The predicted octanol–water partition coefficient (Wildman–Crippen LogP) is 3.43. The highest BCUT2D eigenvalue weighted by Gasteiger charge is 2.28. The Bertz CT molecular complexity index is 1150. The molecule has 0 saturated carbocycles. The summed E-state index contributed by atoms with van der Waals surface area (Å²) in [6, 6.07) is 12.4. The average molecular weight is 395 g/mol. The van der Waals surface area contributed by atoms with Crippen molar-refractivity contribution < 1.29 is 14.1 Å². The molecule has 1 aliphatic rings. The number of carbonyl (C=O) groups is 1. The molecule has 0 fully saturated rings. The fourth-order valence-corrected chi connectivity index (χ4v) is 4.06. The third-order valence-electron chi connectivity index (χ3n) is 5.60. The molecule has 0 aliphatic heterocycles. The standard InChI is InChI=1S/C21H21N3O5/c1-22(17-10-8-14-5-2-3-6-16(14)17)20(25)7-4-12-23-18-11-9-15(24(27)28)13-19(18)29-21(23)26/h2-3,5-6,9,11,13,17H,4,7-8,10,12H2,1H3. The van der Waals surface area contributed by atoms with Crippen LogP contribution in [-0.4, -0.2) is 27.3 Å². The quantitative estimate of drug-likeness (QED) is 0.470.